The molecule has 9 nitrogen and oxygen atoms in total. The summed E-state index contributed by atoms with van der Waals surface area (Å²) < 4.78 is 38.8. The number of nitrogens with zero attached hydrogens (tertiary/aromatic N) is 1. The fourth-order valence-corrected chi connectivity index (χ4v) is 6.40. The number of allylic oxidation sites excluding steroid dienone is 1. The first-order valence-corrected chi connectivity index (χ1v) is 12.9. The second-order valence-electron chi connectivity index (χ2n) is 10.9. The number of benzene rings is 2. The summed E-state index contributed by atoms with van der Waals surface area (Å²) in [5.74, 6) is -7.42. The monoisotopic (exact) mass is 584 g/mol. The van der Waals surface area contributed by atoms with Crippen LogP contribution in [0, 0.1) is 11.8 Å². The number of carbonyl (C=O) groups excluding carboxylic acids is 3. The van der Waals surface area contributed by atoms with Gasteiger partial charge in [0.15, 0.2) is 11.4 Å². The highest BCUT2D eigenvalue weighted by atomic mass is 19.4. The van der Waals surface area contributed by atoms with Crippen molar-refractivity contribution < 1.29 is 48.0 Å². The number of alkyl halides is 3. The molecule has 0 spiro atoms. The number of likely N-dealkylation sites (N-methyl/N-ethyl adjacent to an activating group) is 1. The van der Waals surface area contributed by atoms with E-state index in [2.05, 4.69) is 0 Å². The summed E-state index contributed by atoms with van der Waals surface area (Å²) in [5, 5.41) is 44.5. The summed E-state index contributed by atoms with van der Waals surface area (Å²) in [6.07, 6.45) is -1.33. The minimum atomic E-state index is -4.48. The Morgan fingerprint density at radius 1 is 1.05 bits per heavy atom. The number of aromatic hydroxyl groups is 1. The minimum absolute atomic E-state index is 0.0660. The molecule has 1 amide bonds. The van der Waals surface area contributed by atoms with Crippen molar-refractivity contribution in [1.82, 2.24) is 4.90 Å². The van der Waals surface area contributed by atoms with E-state index in [4.69, 9.17) is 5.73 Å². The standard InChI is InChI=1S/C30H27F3N2O7/c1-35(2)23-18-12-15-11-17-14(6-3-13-4-8-16(9-5-13)30(31,32)33)7-10-19(36)21(17)24(37)20(15)26(39)29(18,42)27(40)22(25(23)38)28(34)41/h3-10,15,18,23,36,38-39,42H,11-12H2,1-2H3,(H2,34,41)/b6-3+. The van der Waals surface area contributed by atoms with Crippen LogP contribution in [0.15, 0.2) is 59.1 Å². The number of ketones is 2. The van der Waals surface area contributed by atoms with E-state index in [0.29, 0.717) is 16.7 Å². The molecule has 2 aromatic rings. The Balaban J connectivity index is 1.60. The minimum Gasteiger partial charge on any atom is -0.510 e. The Labute approximate surface area is 237 Å². The van der Waals surface area contributed by atoms with Crippen molar-refractivity contribution in [3.63, 3.8) is 0 Å². The molecule has 4 atom stereocenters. The molecule has 0 heterocycles. The highest BCUT2D eigenvalue weighted by molar-refractivity contribution is 6.24. The van der Waals surface area contributed by atoms with Crippen LogP contribution in [0.5, 0.6) is 5.75 Å². The predicted molar refractivity (Wildman–Crippen MR) is 144 cm³/mol. The molecule has 12 heteroatoms. The number of hydrogen-bond acceptors (Lipinski definition) is 8. The lowest BCUT2D eigenvalue weighted by molar-refractivity contribution is -0.148. The summed E-state index contributed by atoms with van der Waals surface area (Å²) >= 11 is 0. The van der Waals surface area contributed by atoms with Gasteiger partial charge in [-0.25, -0.2) is 0 Å². The third kappa shape index (κ3) is 4.29. The molecular formula is C30H27F3N2O7. The topological polar surface area (TPSA) is 161 Å². The number of phenols is 1. The van der Waals surface area contributed by atoms with Gasteiger partial charge in [0.2, 0.25) is 5.78 Å². The number of nitrogens with two attached hydrogens (primary N) is 1. The van der Waals surface area contributed by atoms with Crippen molar-refractivity contribution in [3.05, 3.63) is 86.9 Å². The second kappa shape index (κ2) is 9.85. The molecule has 0 aliphatic heterocycles. The molecule has 0 bridgehead atoms. The van der Waals surface area contributed by atoms with E-state index in [-0.39, 0.29) is 24.0 Å². The molecule has 5 rings (SSSR count). The number of carbonyl (C=O) groups is 3. The average molecular weight is 585 g/mol. The quantitative estimate of drug-likeness (QED) is 0.270. The van der Waals surface area contributed by atoms with Gasteiger partial charge in [0.05, 0.1) is 17.2 Å². The van der Waals surface area contributed by atoms with Gasteiger partial charge < -0.3 is 26.2 Å². The van der Waals surface area contributed by atoms with Crippen LogP contribution in [-0.2, 0) is 22.2 Å². The number of hydrogen-bond donors (Lipinski definition) is 5. The first kappa shape index (κ1) is 29.1. The highest BCUT2D eigenvalue weighted by Crippen LogP contribution is 2.52. The first-order valence-electron chi connectivity index (χ1n) is 12.9. The molecule has 3 aliphatic carbocycles. The number of aliphatic hydroxyl groups is 3. The lowest BCUT2D eigenvalue weighted by Gasteiger charge is -2.50. The van der Waals surface area contributed by atoms with Gasteiger partial charge in [-0.15, -0.1) is 0 Å². The van der Waals surface area contributed by atoms with Gasteiger partial charge in [-0.2, -0.15) is 13.2 Å². The number of primary amides is 1. The molecule has 6 N–H and O–H groups in total. The van der Waals surface area contributed by atoms with E-state index in [1.165, 1.54) is 43.3 Å². The molecule has 0 radical (unpaired) electrons. The van der Waals surface area contributed by atoms with E-state index in [0.717, 1.165) is 12.1 Å². The number of aliphatic hydroxyl groups excluding tert-OH is 2. The zero-order valence-electron chi connectivity index (χ0n) is 22.4. The van der Waals surface area contributed by atoms with Crippen LogP contribution >= 0.6 is 0 Å². The molecule has 0 saturated carbocycles. The van der Waals surface area contributed by atoms with Crippen LogP contribution in [-0.4, -0.2) is 68.5 Å². The Bertz CT molecular complexity index is 1620. The maximum Gasteiger partial charge on any atom is 0.416 e. The number of fused-ring (bicyclic) bond motifs is 3. The third-order valence-corrected chi connectivity index (χ3v) is 8.34. The van der Waals surface area contributed by atoms with Crippen molar-refractivity contribution in [2.75, 3.05) is 14.1 Å². The van der Waals surface area contributed by atoms with Crippen LogP contribution in [0.3, 0.4) is 0 Å². The average Bonchev–Trinajstić information content (AvgIpc) is 2.89. The van der Waals surface area contributed by atoms with E-state index < -0.39 is 75.5 Å². The molecule has 42 heavy (non-hydrogen) atoms. The van der Waals surface area contributed by atoms with E-state index >= 15 is 0 Å². The van der Waals surface area contributed by atoms with Crippen LogP contribution in [0.25, 0.3) is 12.2 Å². The lowest BCUT2D eigenvalue weighted by Crippen LogP contribution is -2.63. The van der Waals surface area contributed by atoms with E-state index in [1.54, 1.807) is 12.2 Å². The Kier molecular flexibility index (Phi) is 6.82. The summed E-state index contributed by atoms with van der Waals surface area (Å²) in [7, 11) is 3.07. The van der Waals surface area contributed by atoms with Crippen LogP contribution in [0.1, 0.15) is 39.0 Å². The fraction of sp³-hybridized carbons (Fsp3) is 0.300. The van der Waals surface area contributed by atoms with Crippen molar-refractivity contribution in [3.8, 4) is 5.75 Å². The van der Waals surface area contributed by atoms with Gasteiger partial charge in [0, 0.05) is 11.5 Å². The number of rotatable bonds is 4. The Morgan fingerprint density at radius 3 is 2.26 bits per heavy atom. The molecule has 2 aromatic carbocycles. The van der Waals surface area contributed by atoms with Crippen molar-refractivity contribution in [1.29, 1.82) is 0 Å². The Morgan fingerprint density at radius 2 is 1.69 bits per heavy atom. The normalized spacial score (nSPS) is 26.0. The summed E-state index contributed by atoms with van der Waals surface area (Å²) in [4.78, 5) is 40.6. The third-order valence-electron chi connectivity index (χ3n) is 8.34. The summed E-state index contributed by atoms with van der Waals surface area (Å²) in [6.45, 7) is 0. The van der Waals surface area contributed by atoms with Crippen molar-refractivity contribution in [2.45, 2.75) is 30.7 Å². The summed E-state index contributed by atoms with van der Waals surface area (Å²) in [6, 6.07) is 6.15. The van der Waals surface area contributed by atoms with Gasteiger partial charge in [0.25, 0.3) is 5.91 Å². The maximum atomic E-state index is 13.8. The smallest absolute Gasteiger partial charge is 0.416 e. The largest absolute Gasteiger partial charge is 0.510 e. The van der Waals surface area contributed by atoms with Crippen LogP contribution in [0.2, 0.25) is 0 Å². The molecule has 0 saturated heterocycles. The molecule has 0 fully saturated rings. The first-order chi connectivity index (χ1) is 19.6. The van der Waals surface area contributed by atoms with Crippen molar-refractivity contribution >= 4 is 29.6 Å². The van der Waals surface area contributed by atoms with Crippen LogP contribution < -0.4 is 5.73 Å². The number of amides is 1. The van der Waals surface area contributed by atoms with E-state index in [9.17, 15) is 48.0 Å². The van der Waals surface area contributed by atoms with Gasteiger partial charge in [-0.05, 0) is 67.7 Å². The zero-order valence-corrected chi connectivity index (χ0v) is 22.4. The summed E-state index contributed by atoms with van der Waals surface area (Å²) in [5.41, 5.74) is 1.80. The maximum absolute atomic E-state index is 13.8. The molecular weight excluding hydrogens is 557 g/mol. The van der Waals surface area contributed by atoms with Crippen molar-refractivity contribution in [2.24, 2.45) is 17.6 Å². The molecule has 4 unspecified atom stereocenters. The van der Waals surface area contributed by atoms with Gasteiger partial charge >= 0.3 is 6.18 Å². The SMILES string of the molecule is CN(C)C1C(O)=C(C(N)=O)C(=O)C2(O)C(O)=C3C(=O)c4c(O)ccc(/C=C/c5ccc(C(F)(F)F)cc5)c4CC3CC12. The zero-order chi connectivity index (χ0) is 30.9. The van der Waals surface area contributed by atoms with E-state index in [1.807, 2.05) is 0 Å². The Hall–Kier alpha value is -4.42. The predicted octanol–water partition coefficient (Wildman–Crippen LogP) is 3.31. The van der Waals surface area contributed by atoms with Gasteiger partial charge in [-0.1, -0.05) is 30.4 Å². The number of Topliss-reactive ketones (excluding diaryl/α,β-unsaturated/α-hetero) is 2. The number of halogens is 3. The second-order valence-corrected chi connectivity index (χ2v) is 10.9. The highest BCUT2D eigenvalue weighted by Gasteiger charge is 2.63. The van der Waals surface area contributed by atoms with Gasteiger partial charge in [0.1, 0.15) is 22.8 Å². The molecule has 220 valence electrons. The van der Waals surface area contributed by atoms with Crippen LogP contribution in [0.4, 0.5) is 13.2 Å². The molecule has 3 aliphatic rings. The lowest BCUT2D eigenvalue weighted by atomic mass is 9.58. The molecule has 0 aromatic heterocycles. The fourth-order valence-electron chi connectivity index (χ4n) is 6.40. The number of phenolic OH excluding ortho intramolecular Hbond substituents is 1. The van der Waals surface area contributed by atoms with Gasteiger partial charge in [-0.3, -0.25) is 19.3 Å².